The molecule has 0 fully saturated rings. The van der Waals surface area contributed by atoms with Crippen LogP contribution >= 0.6 is 0 Å². The lowest BCUT2D eigenvalue weighted by atomic mass is 10.2. The first-order valence-electron chi connectivity index (χ1n) is 5.19. The minimum absolute atomic E-state index is 0.253. The number of nitrogens with one attached hydrogen (secondary N) is 2. The van der Waals surface area contributed by atoms with Gasteiger partial charge in [-0.2, -0.15) is 10.1 Å². The fraction of sp³-hybridized carbons (Fsp3) is 0.556. The number of carboxylic acid groups (broad SMARTS) is 1. The standard InChI is InChI=1S/C9H15N5O3/c1-3-4-6(7(15)16)12-9(17)13-8-10-5-11-14(8)2/h5-6H,3-4H2,1-2H3,(H,15,16)(H2,10,11,12,13,17)/t6-/m0/s1. The van der Waals surface area contributed by atoms with E-state index in [1.165, 1.54) is 11.0 Å². The smallest absolute Gasteiger partial charge is 0.326 e. The molecule has 0 saturated carbocycles. The molecule has 17 heavy (non-hydrogen) atoms. The first kappa shape index (κ1) is 12.9. The molecule has 0 radical (unpaired) electrons. The Balaban J connectivity index is 2.53. The Morgan fingerprint density at radius 1 is 1.59 bits per heavy atom. The van der Waals surface area contributed by atoms with Gasteiger partial charge in [0.2, 0.25) is 5.95 Å². The number of hydrogen-bond acceptors (Lipinski definition) is 4. The van der Waals surface area contributed by atoms with Gasteiger partial charge in [-0.3, -0.25) is 5.32 Å². The van der Waals surface area contributed by atoms with Gasteiger partial charge < -0.3 is 10.4 Å². The molecule has 0 aliphatic heterocycles. The van der Waals surface area contributed by atoms with E-state index in [9.17, 15) is 9.59 Å². The normalized spacial score (nSPS) is 11.9. The van der Waals surface area contributed by atoms with E-state index >= 15 is 0 Å². The molecule has 0 aliphatic carbocycles. The monoisotopic (exact) mass is 241 g/mol. The Kier molecular flexibility index (Phi) is 4.44. The van der Waals surface area contributed by atoms with Crippen LogP contribution in [-0.4, -0.2) is 37.9 Å². The van der Waals surface area contributed by atoms with Crippen LogP contribution in [0.2, 0.25) is 0 Å². The summed E-state index contributed by atoms with van der Waals surface area (Å²) in [4.78, 5) is 26.1. The zero-order chi connectivity index (χ0) is 12.8. The number of hydrogen-bond donors (Lipinski definition) is 3. The third-order valence-electron chi connectivity index (χ3n) is 2.12. The Labute approximate surface area is 98.0 Å². The highest BCUT2D eigenvalue weighted by Gasteiger charge is 2.19. The molecule has 0 spiro atoms. The van der Waals surface area contributed by atoms with Gasteiger partial charge in [0.05, 0.1) is 0 Å². The molecule has 8 nitrogen and oxygen atoms in total. The van der Waals surface area contributed by atoms with Crippen molar-refractivity contribution in [3.63, 3.8) is 0 Å². The topological polar surface area (TPSA) is 109 Å². The van der Waals surface area contributed by atoms with Gasteiger partial charge in [0.15, 0.2) is 0 Å². The summed E-state index contributed by atoms with van der Waals surface area (Å²) in [5, 5.41) is 17.4. The molecule has 0 saturated heterocycles. The number of amides is 2. The molecule has 94 valence electrons. The second-order valence-corrected chi connectivity index (χ2v) is 3.49. The molecule has 2 amide bonds. The van der Waals surface area contributed by atoms with E-state index in [1.54, 1.807) is 7.05 Å². The van der Waals surface area contributed by atoms with Gasteiger partial charge in [-0.1, -0.05) is 13.3 Å². The number of aromatic nitrogens is 3. The molecule has 8 heteroatoms. The van der Waals surface area contributed by atoms with Crippen molar-refractivity contribution in [1.29, 1.82) is 0 Å². The van der Waals surface area contributed by atoms with Crippen LogP contribution < -0.4 is 10.6 Å². The van der Waals surface area contributed by atoms with Gasteiger partial charge in [0, 0.05) is 7.05 Å². The number of carbonyl (C=O) groups excluding carboxylic acids is 1. The summed E-state index contributed by atoms with van der Waals surface area (Å²) in [6.45, 7) is 1.85. The van der Waals surface area contributed by atoms with Gasteiger partial charge in [0.25, 0.3) is 0 Å². The second kappa shape index (κ2) is 5.83. The van der Waals surface area contributed by atoms with Crippen molar-refractivity contribution >= 4 is 17.9 Å². The molecular weight excluding hydrogens is 226 g/mol. The van der Waals surface area contributed by atoms with Crippen LogP contribution in [0.25, 0.3) is 0 Å². The Morgan fingerprint density at radius 3 is 2.76 bits per heavy atom. The fourth-order valence-electron chi connectivity index (χ4n) is 1.25. The van der Waals surface area contributed by atoms with Crippen molar-refractivity contribution < 1.29 is 14.7 Å². The predicted molar refractivity (Wildman–Crippen MR) is 59.5 cm³/mol. The number of carboxylic acids is 1. The van der Waals surface area contributed by atoms with E-state index in [0.717, 1.165) is 0 Å². The van der Waals surface area contributed by atoms with E-state index in [4.69, 9.17) is 5.11 Å². The minimum Gasteiger partial charge on any atom is -0.480 e. The summed E-state index contributed by atoms with van der Waals surface area (Å²) < 4.78 is 1.37. The van der Waals surface area contributed by atoms with Crippen molar-refractivity contribution in [3.05, 3.63) is 6.33 Å². The van der Waals surface area contributed by atoms with Crippen molar-refractivity contribution in [3.8, 4) is 0 Å². The van der Waals surface area contributed by atoms with Crippen LogP contribution in [0.4, 0.5) is 10.7 Å². The summed E-state index contributed by atoms with van der Waals surface area (Å²) in [5.41, 5.74) is 0. The Bertz CT molecular complexity index is 403. The molecule has 1 aromatic heterocycles. The lowest BCUT2D eigenvalue weighted by Crippen LogP contribution is -2.43. The zero-order valence-electron chi connectivity index (χ0n) is 9.67. The average molecular weight is 241 g/mol. The van der Waals surface area contributed by atoms with Crippen LogP contribution in [0, 0.1) is 0 Å². The maximum Gasteiger partial charge on any atom is 0.326 e. The molecular formula is C9H15N5O3. The number of aryl methyl sites for hydroxylation is 1. The largest absolute Gasteiger partial charge is 0.480 e. The van der Waals surface area contributed by atoms with Gasteiger partial charge in [-0.05, 0) is 6.42 Å². The highest BCUT2D eigenvalue weighted by molar-refractivity contribution is 5.90. The van der Waals surface area contributed by atoms with Crippen molar-refractivity contribution in [2.45, 2.75) is 25.8 Å². The Morgan fingerprint density at radius 2 is 2.29 bits per heavy atom. The SMILES string of the molecule is CCC[C@H](NC(=O)Nc1ncnn1C)C(=O)O. The highest BCUT2D eigenvalue weighted by atomic mass is 16.4. The van der Waals surface area contributed by atoms with E-state index in [1.807, 2.05) is 6.92 Å². The lowest BCUT2D eigenvalue weighted by molar-refractivity contribution is -0.139. The van der Waals surface area contributed by atoms with E-state index in [0.29, 0.717) is 12.8 Å². The lowest BCUT2D eigenvalue weighted by Gasteiger charge is -2.13. The minimum atomic E-state index is -1.06. The number of nitrogens with zero attached hydrogens (tertiary/aromatic N) is 3. The number of carbonyl (C=O) groups is 2. The van der Waals surface area contributed by atoms with E-state index in [2.05, 4.69) is 20.7 Å². The first-order chi connectivity index (χ1) is 8.04. The number of urea groups is 1. The fourth-order valence-corrected chi connectivity index (χ4v) is 1.25. The van der Waals surface area contributed by atoms with E-state index < -0.39 is 18.0 Å². The zero-order valence-corrected chi connectivity index (χ0v) is 9.67. The molecule has 0 aromatic carbocycles. The maximum atomic E-state index is 11.5. The van der Waals surface area contributed by atoms with Crippen LogP contribution in [0.3, 0.4) is 0 Å². The predicted octanol–water partition coefficient (Wildman–Crippen LogP) is 0.190. The molecule has 0 unspecified atom stereocenters. The summed E-state index contributed by atoms with van der Waals surface area (Å²) in [7, 11) is 1.61. The summed E-state index contributed by atoms with van der Waals surface area (Å²) in [6, 6.07) is -1.50. The third kappa shape index (κ3) is 3.74. The van der Waals surface area contributed by atoms with Crippen molar-refractivity contribution in [2.24, 2.45) is 7.05 Å². The van der Waals surface area contributed by atoms with Gasteiger partial charge in [-0.25, -0.2) is 14.3 Å². The first-order valence-corrected chi connectivity index (χ1v) is 5.19. The number of aliphatic carboxylic acids is 1. The molecule has 0 aliphatic rings. The van der Waals surface area contributed by atoms with Crippen LogP contribution in [0.15, 0.2) is 6.33 Å². The molecule has 1 heterocycles. The van der Waals surface area contributed by atoms with Crippen LogP contribution in [0.1, 0.15) is 19.8 Å². The molecule has 1 atom stereocenters. The summed E-state index contributed by atoms with van der Waals surface area (Å²) in [6.07, 6.45) is 2.33. The molecule has 1 aromatic rings. The van der Waals surface area contributed by atoms with Crippen molar-refractivity contribution in [1.82, 2.24) is 20.1 Å². The van der Waals surface area contributed by atoms with E-state index in [-0.39, 0.29) is 5.95 Å². The summed E-state index contributed by atoms with van der Waals surface area (Å²) in [5.74, 6) is -0.803. The van der Waals surface area contributed by atoms with Crippen LogP contribution in [-0.2, 0) is 11.8 Å². The highest BCUT2D eigenvalue weighted by Crippen LogP contribution is 2.00. The number of anilines is 1. The van der Waals surface area contributed by atoms with Gasteiger partial charge >= 0.3 is 12.0 Å². The Hall–Kier alpha value is -2.12. The third-order valence-corrected chi connectivity index (χ3v) is 2.12. The second-order valence-electron chi connectivity index (χ2n) is 3.49. The van der Waals surface area contributed by atoms with Gasteiger partial charge in [0.1, 0.15) is 12.4 Å². The molecule has 0 bridgehead atoms. The van der Waals surface area contributed by atoms with Gasteiger partial charge in [-0.15, -0.1) is 0 Å². The number of rotatable bonds is 5. The van der Waals surface area contributed by atoms with Crippen molar-refractivity contribution in [2.75, 3.05) is 5.32 Å². The average Bonchev–Trinajstić information content (AvgIpc) is 2.63. The maximum absolute atomic E-state index is 11.5. The van der Waals surface area contributed by atoms with Crippen LogP contribution in [0.5, 0.6) is 0 Å². The quantitative estimate of drug-likeness (QED) is 0.681. The summed E-state index contributed by atoms with van der Waals surface area (Å²) >= 11 is 0. The molecule has 3 N–H and O–H groups in total. The molecule has 1 rings (SSSR count).